The third kappa shape index (κ3) is 2.83. The van der Waals surface area contributed by atoms with Gasteiger partial charge in [-0.15, -0.1) is 0 Å². The van der Waals surface area contributed by atoms with Gasteiger partial charge in [-0.1, -0.05) is 11.6 Å². The van der Waals surface area contributed by atoms with Crippen molar-refractivity contribution in [1.29, 1.82) is 0 Å². The molecule has 0 saturated carbocycles. The molecule has 1 aromatic rings. The summed E-state index contributed by atoms with van der Waals surface area (Å²) in [7, 11) is 0. The molecule has 0 heterocycles. The van der Waals surface area contributed by atoms with Gasteiger partial charge in [-0.05, 0) is 54.6 Å². The summed E-state index contributed by atoms with van der Waals surface area (Å²) in [5.41, 5.74) is 1.15. The molecule has 0 unspecified atom stereocenters. The second-order valence-corrected chi connectivity index (χ2v) is 4.52. The minimum Gasteiger partial charge on any atom is -0.382 e. The molecular weight excluding hydrogens is 284 g/mol. The van der Waals surface area contributed by atoms with Gasteiger partial charge < -0.3 is 5.32 Å². The lowest BCUT2D eigenvalue weighted by molar-refractivity contribution is 0.898. The summed E-state index contributed by atoms with van der Waals surface area (Å²) in [6.45, 7) is 4.23. The molecule has 0 amide bonds. The van der Waals surface area contributed by atoms with Crippen molar-refractivity contribution in [2.75, 3.05) is 5.32 Å². The van der Waals surface area contributed by atoms with Gasteiger partial charge in [-0.3, -0.25) is 0 Å². The Morgan fingerprint density at radius 1 is 1.42 bits per heavy atom. The molecule has 3 heteroatoms. The number of hydrogen-bond acceptors (Lipinski definition) is 1. The third-order valence-electron chi connectivity index (χ3n) is 1.38. The van der Waals surface area contributed by atoms with Gasteiger partial charge >= 0.3 is 0 Å². The molecule has 1 nitrogen and oxygen atoms in total. The topological polar surface area (TPSA) is 12.0 Å². The van der Waals surface area contributed by atoms with E-state index >= 15 is 0 Å². The van der Waals surface area contributed by atoms with Crippen LogP contribution in [0.3, 0.4) is 0 Å². The van der Waals surface area contributed by atoms with Crippen molar-refractivity contribution in [2.24, 2.45) is 0 Å². The Morgan fingerprint density at radius 2 is 2.08 bits per heavy atom. The number of hydrogen-bond donors (Lipinski definition) is 1. The molecular formula is C9H11ClIN. The number of benzene rings is 1. The Morgan fingerprint density at radius 3 is 2.58 bits per heavy atom. The zero-order valence-corrected chi connectivity index (χ0v) is 9.98. The quantitative estimate of drug-likeness (QED) is 0.819. The molecule has 0 aliphatic carbocycles. The Balaban J connectivity index is 2.86. The fourth-order valence-electron chi connectivity index (χ4n) is 0.918. The molecule has 0 atom stereocenters. The van der Waals surface area contributed by atoms with Crippen molar-refractivity contribution in [3.05, 3.63) is 26.8 Å². The standard InChI is InChI=1S/C9H11ClIN/c1-6(2)12-9-4-3-7(10)5-8(9)11/h3-6,12H,1-2H3. The largest absolute Gasteiger partial charge is 0.382 e. The van der Waals surface area contributed by atoms with E-state index in [0.29, 0.717) is 6.04 Å². The SMILES string of the molecule is CC(C)Nc1ccc(Cl)cc1I. The van der Waals surface area contributed by atoms with Crippen LogP contribution < -0.4 is 5.32 Å². The average Bonchev–Trinajstić information content (AvgIpc) is 1.94. The van der Waals surface area contributed by atoms with E-state index in [-0.39, 0.29) is 0 Å². The van der Waals surface area contributed by atoms with E-state index in [1.165, 1.54) is 0 Å². The van der Waals surface area contributed by atoms with Crippen LogP contribution in [0, 0.1) is 3.57 Å². The highest BCUT2D eigenvalue weighted by Gasteiger charge is 2.00. The van der Waals surface area contributed by atoms with Crippen LogP contribution in [0.1, 0.15) is 13.8 Å². The van der Waals surface area contributed by atoms with Gasteiger partial charge in [0.1, 0.15) is 0 Å². The van der Waals surface area contributed by atoms with Crippen molar-refractivity contribution >= 4 is 39.9 Å². The fraction of sp³-hybridized carbons (Fsp3) is 0.333. The predicted molar refractivity (Wildman–Crippen MR) is 62.9 cm³/mol. The summed E-state index contributed by atoms with van der Waals surface area (Å²) in [5, 5.41) is 4.12. The number of anilines is 1. The highest BCUT2D eigenvalue weighted by atomic mass is 127. The van der Waals surface area contributed by atoms with E-state index in [2.05, 4.69) is 41.8 Å². The molecule has 0 bridgehead atoms. The van der Waals surface area contributed by atoms with Gasteiger partial charge in [0, 0.05) is 20.3 Å². The van der Waals surface area contributed by atoms with E-state index < -0.39 is 0 Å². The normalized spacial score (nSPS) is 10.4. The predicted octanol–water partition coefficient (Wildman–Crippen LogP) is 3.76. The molecule has 0 aliphatic heterocycles. The van der Waals surface area contributed by atoms with Gasteiger partial charge in [0.25, 0.3) is 0 Å². The first-order valence-corrected chi connectivity index (χ1v) is 5.27. The van der Waals surface area contributed by atoms with Crippen LogP contribution in [0.2, 0.25) is 5.02 Å². The van der Waals surface area contributed by atoms with Crippen LogP contribution >= 0.6 is 34.2 Å². The lowest BCUT2D eigenvalue weighted by atomic mass is 10.3. The number of rotatable bonds is 2. The Labute approximate surface area is 91.6 Å². The molecule has 12 heavy (non-hydrogen) atoms. The van der Waals surface area contributed by atoms with Crippen LogP contribution in [0.15, 0.2) is 18.2 Å². The summed E-state index contributed by atoms with van der Waals surface area (Å²) in [6.07, 6.45) is 0. The van der Waals surface area contributed by atoms with Crippen LogP contribution in [0.25, 0.3) is 0 Å². The Bertz CT molecular complexity index is 273. The maximum Gasteiger partial charge on any atom is 0.0478 e. The van der Waals surface area contributed by atoms with E-state index in [9.17, 15) is 0 Å². The van der Waals surface area contributed by atoms with E-state index in [0.717, 1.165) is 14.3 Å². The highest BCUT2D eigenvalue weighted by molar-refractivity contribution is 14.1. The van der Waals surface area contributed by atoms with Crippen LogP contribution in [-0.2, 0) is 0 Å². The van der Waals surface area contributed by atoms with Crippen LogP contribution in [-0.4, -0.2) is 6.04 Å². The zero-order chi connectivity index (χ0) is 9.14. The molecule has 1 rings (SSSR count). The van der Waals surface area contributed by atoms with Crippen LogP contribution in [0.5, 0.6) is 0 Å². The summed E-state index contributed by atoms with van der Waals surface area (Å²) >= 11 is 8.09. The first-order valence-electron chi connectivity index (χ1n) is 3.81. The van der Waals surface area contributed by atoms with Gasteiger partial charge in [0.15, 0.2) is 0 Å². The second kappa shape index (κ2) is 4.33. The van der Waals surface area contributed by atoms with Crippen molar-refractivity contribution in [3.8, 4) is 0 Å². The number of nitrogens with one attached hydrogen (secondary N) is 1. The van der Waals surface area contributed by atoms with E-state index in [4.69, 9.17) is 11.6 Å². The molecule has 0 aliphatic rings. The zero-order valence-electron chi connectivity index (χ0n) is 7.07. The van der Waals surface area contributed by atoms with Gasteiger partial charge in [-0.2, -0.15) is 0 Å². The minimum absolute atomic E-state index is 0.458. The van der Waals surface area contributed by atoms with Crippen molar-refractivity contribution in [3.63, 3.8) is 0 Å². The molecule has 0 fully saturated rings. The van der Waals surface area contributed by atoms with Gasteiger partial charge in [0.05, 0.1) is 0 Å². The fourth-order valence-corrected chi connectivity index (χ4v) is 1.94. The molecule has 66 valence electrons. The number of halogens is 2. The van der Waals surface area contributed by atoms with Crippen molar-refractivity contribution < 1.29 is 0 Å². The average molecular weight is 296 g/mol. The third-order valence-corrected chi connectivity index (χ3v) is 2.50. The molecule has 0 radical (unpaired) electrons. The molecule has 0 spiro atoms. The minimum atomic E-state index is 0.458. The summed E-state index contributed by atoms with van der Waals surface area (Å²) in [4.78, 5) is 0. The van der Waals surface area contributed by atoms with Gasteiger partial charge in [0.2, 0.25) is 0 Å². The first kappa shape index (κ1) is 10.1. The second-order valence-electron chi connectivity index (χ2n) is 2.92. The van der Waals surface area contributed by atoms with Gasteiger partial charge in [-0.25, -0.2) is 0 Å². The maximum absolute atomic E-state index is 5.82. The smallest absolute Gasteiger partial charge is 0.0478 e. The lowest BCUT2D eigenvalue weighted by Gasteiger charge is -2.11. The highest BCUT2D eigenvalue weighted by Crippen LogP contribution is 2.22. The van der Waals surface area contributed by atoms with Crippen LogP contribution in [0.4, 0.5) is 5.69 Å². The monoisotopic (exact) mass is 295 g/mol. The molecule has 1 N–H and O–H groups in total. The summed E-state index contributed by atoms with van der Waals surface area (Å²) in [5.74, 6) is 0. The van der Waals surface area contributed by atoms with Crippen molar-refractivity contribution in [2.45, 2.75) is 19.9 Å². The summed E-state index contributed by atoms with van der Waals surface area (Å²) < 4.78 is 1.16. The first-order chi connectivity index (χ1) is 5.59. The molecule has 1 aromatic carbocycles. The van der Waals surface area contributed by atoms with E-state index in [1.54, 1.807) is 0 Å². The van der Waals surface area contributed by atoms with Crippen molar-refractivity contribution in [1.82, 2.24) is 0 Å². The van der Waals surface area contributed by atoms with E-state index in [1.807, 2.05) is 18.2 Å². The Hall–Kier alpha value is 0.0400. The lowest BCUT2D eigenvalue weighted by Crippen LogP contribution is -2.10. The molecule has 0 aromatic heterocycles. The maximum atomic E-state index is 5.82. The summed E-state index contributed by atoms with van der Waals surface area (Å²) in [6, 6.07) is 6.31. The molecule has 0 saturated heterocycles. The Kier molecular flexibility index (Phi) is 3.65.